The average molecular weight is 269 g/mol. The molecule has 0 radical (unpaired) electrons. The van der Waals surface area contributed by atoms with Crippen molar-refractivity contribution in [1.82, 2.24) is 4.90 Å². The van der Waals surface area contributed by atoms with Crippen molar-refractivity contribution < 1.29 is 23.0 Å². The number of aliphatic hydroxyl groups is 1. The summed E-state index contributed by atoms with van der Waals surface area (Å²) in [5.74, 6) is 0. The molecule has 0 amide bonds. The van der Waals surface area contributed by atoms with Gasteiger partial charge in [0.05, 0.1) is 6.10 Å². The zero-order chi connectivity index (χ0) is 13.8. The van der Waals surface area contributed by atoms with E-state index in [1.807, 2.05) is 13.8 Å². The number of hydrogen-bond acceptors (Lipinski definition) is 3. The number of aliphatic hydroxyl groups excluding tert-OH is 1. The topological polar surface area (TPSA) is 32.7 Å². The minimum Gasteiger partial charge on any atom is -0.382 e. The summed E-state index contributed by atoms with van der Waals surface area (Å²) in [7, 11) is 0. The Labute approximate surface area is 106 Å². The first-order valence-electron chi connectivity index (χ1n) is 6.41. The van der Waals surface area contributed by atoms with Crippen LogP contribution in [-0.2, 0) is 4.74 Å². The molecule has 0 aromatic rings. The first-order valence-corrected chi connectivity index (χ1v) is 6.41. The molecule has 1 rings (SSSR count). The van der Waals surface area contributed by atoms with Gasteiger partial charge >= 0.3 is 6.18 Å². The van der Waals surface area contributed by atoms with Crippen LogP contribution >= 0.6 is 0 Å². The molecule has 108 valence electrons. The monoisotopic (exact) mass is 269 g/mol. The van der Waals surface area contributed by atoms with Crippen molar-refractivity contribution in [3.05, 3.63) is 0 Å². The largest absolute Gasteiger partial charge is 0.415 e. The van der Waals surface area contributed by atoms with Crippen LogP contribution in [-0.4, -0.2) is 54.1 Å². The molecule has 3 nitrogen and oxygen atoms in total. The number of ether oxygens (including phenoxy) is 1. The molecule has 0 saturated carbocycles. The Morgan fingerprint density at radius 2 is 2.00 bits per heavy atom. The fraction of sp³-hybridized carbons (Fsp3) is 1.00. The Balaban J connectivity index is 2.49. The summed E-state index contributed by atoms with van der Waals surface area (Å²) in [6.45, 7) is 4.39. The summed E-state index contributed by atoms with van der Waals surface area (Å²) in [5, 5.41) is 9.13. The van der Waals surface area contributed by atoms with Gasteiger partial charge in [-0.05, 0) is 33.1 Å². The molecule has 0 aromatic heterocycles. The van der Waals surface area contributed by atoms with Gasteiger partial charge in [-0.3, -0.25) is 4.90 Å². The lowest BCUT2D eigenvalue weighted by Gasteiger charge is -2.34. The molecule has 2 atom stereocenters. The summed E-state index contributed by atoms with van der Waals surface area (Å²) in [4.78, 5) is 1.63. The highest BCUT2D eigenvalue weighted by molar-refractivity contribution is 4.77. The smallest absolute Gasteiger partial charge is 0.382 e. The summed E-state index contributed by atoms with van der Waals surface area (Å²) < 4.78 is 42.6. The van der Waals surface area contributed by atoms with Gasteiger partial charge in [0.15, 0.2) is 6.10 Å². The minimum atomic E-state index is -4.55. The number of alkyl halides is 3. The van der Waals surface area contributed by atoms with E-state index < -0.39 is 12.3 Å². The van der Waals surface area contributed by atoms with Gasteiger partial charge < -0.3 is 9.84 Å². The third-order valence-electron chi connectivity index (χ3n) is 3.23. The molecule has 1 heterocycles. The Bertz CT molecular complexity index is 240. The molecule has 0 aromatic carbocycles. The molecule has 6 heteroatoms. The number of nitrogens with zero attached hydrogens (tertiary/aromatic N) is 1. The first kappa shape index (κ1) is 15.7. The van der Waals surface area contributed by atoms with E-state index in [1.54, 1.807) is 4.90 Å². The van der Waals surface area contributed by atoms with E-state index in [9.17, 15) is 13.2 Å². The van der Waals surface area contributed by atoms with Crippen LogP contribution in [0.2, 0.25) is 0 Å². The van der Waals surface area contributed by atoms with Crippen molar-refractivity contribution in [2.24, 2.45) is 0 Å². The lowest BCUT2D eigenvalue weighted by molar-refractivity contribution is -0.210. The third kappa shape index (κ3) is 5.12. The standard InChI is InChI=1S/C12H22F3NO2/c1-9(2)16(8-11(17)12(13,14)15)7-10-5-3-4-6-18-10/h9-11,17H,3-8H2,1-2H3/t10-,11-/m1/s1. The van der Waals surface area contributed by atoms with Crippen LogP contribution in [0.1, 0.15) is 33.1 Å². The molecule has 18 heavy (non-hydrogen) atoms. The van der Waals surface area contributed by atoms with Crippen molar-refractivity contribution in [1.29, 1.82) is 0 Å². The van der Waals surface area contributed by atoms with Crippen LogP contribution in [0.3, 0.4) is 0 Å². The predicted molar refractivity (Wildman–Crippen MR) is 62.4 cm³/mol. The van der Waals surface area contributed by atoms with E-state index in [4.69, 9.17) is 9.84 Å². The summed E-state index contributed by atoms with van der Waals surface area (Å²) in [5.41, 5.74) is 0. The van der Waals surface area contributed by atoms with Crippen molar-refractivity contribution in [2.45, 2.75) is 57.5 Å². The SMILES string of the molecule is CC(C)N(C[C@H]1CCCCO1)C[C@@H](O)C(F)(F)F. The highest BCUT2D eigenvalue weighted by atomic mass is 19.4. The van der Waals surface area contributed by atoms with Gasteiger partial charge in [0.25, 0.3) is 0 Å². The van der Waals surface area contributed by atoms with E-state index >= 15 is 0 Å². The fourth-order valence-electron chi connectivity index (χ4n) is 2.03. The molecular formula is C12H22F3NO2. The number of hydrogen-bond donors (Lipinski definition) is 1. The molecule has 1 aliphatic rings. The maximum Gasteiger partial charge on any atom is 0.415 e. The first-order chi connectivity index (χ1) is 8.30. The number of rotatable bonds is 5. The maximum absolute atomic E-state index is 12.3. The van der Waals surface area contributed by atoms with Crippen molar-refractivity contribution >= 4 is 0 Å². The molecule has 0 bridgehead atoms. The van der Waals surface area contributed by atoms with Gasteiger partial charge in [0, 0.05) is 25.7 Å². The lowest BCUT2D eigenvalue weighted by atomic mass is 10.1. The molecule has 1 saturated heterocycles. The van der Waals surface area contributed by atoms with Crippen LogP contribution in [0.5, 0.6) is 0 Å². The van der Waals surface area contributed by atoms with Gasteiger partial charge in [-0.2, -0.15) is 13.2 Å². The molecule has 1 fully saturated rings. The van der Waals surface area contributed by atoms with Crippen LogP contribution in [0.15, 0.2) is 0 Å². The summed E-state index contributed by atoms with van der Waals surface area (Å²) in [6, 6.07) is -0.0486. The minimum absolute atomic E-state index is 0.0124. The zero-order valence-electron chi connectivity index (χ0n) is 10.9. The van der Waals surface area contributed by atoms with Gasteiger partial charge in [0.1, 0.15) is 0 Å². The molecular weight excluding hydrogens is 247 g/mol. The second-order valence-electron chi connectivity index (χ2n) is 5.09. The fourth-order valence-corrected chi connectivity index (χ4v) is 2.03. The zero-order valence-corrected chi connectivity index (χ0v) is 10.9. The van der Waals surface area contributed by atoms with E-state index in [2.05, 4.69) is 0 Å². The Morgan fingerprint density at radius 1 is 1.33 bits per heavy atom. The quantitative estimate of drug-likeness (QED) is 0.830. The third-order valence-corrected chi connectivity index (χ3v) is 3.23. The summed E-state index contributed by atoms with van der Waals surface area (Å²) in [6.07, 6.45) is -3.90. The van der Waals surface area contributed by atoms with E-state index in [0.29, 0.717) is 13.2 Å². The van der Waals surface area contributed by atoms with Crippen molar-refractivity contribution in [2.75, 3.05) is 19.7 Å². The van der Waals surface area contributed by atoms with Crippen LogP contribution in [0, 0.1) is 0 Å². The van der Waals surface area contributed by atoms with Gasteiger partial charge in [0.2, 0.25) is 0 Å². The Kier molecular flexibility index (Phi) is 5.88. The number of halogens is 3. The molecule has 1 aliphatic heterocycles. The average Bonchev–Trinajstić information content (AvgIpc) is 2.28. The van der Waals surface area contributed by atoms with Crippen LogP contribution in [0.4, 0.5) is 13.2 Å². The highest BCUT2D eigenvalue weighted by Gasteiger charge is 2.39. The lowest BCUT2D eigenvalue weighted by Crippen LogP contribution is -2.47. The van der Waals surface area contributed by atoms with Crippen LogP contribution < -0.4 is 0 Å². The Morgan fingerprint density at radius 3 is 2.44 bits per heavy atom. The summed E-state index contributed by atoms with van der Waals surface area (Å²) >= 11 is 0. The van der Waals surface area contributed by atoms with Crippen molar-refractivity contribution in [3.8, 4) is 0 Å². The molecule has 1 N–H and O–H groups in total. The second kappa shape index (κ2) is 6.73. The van der Waals surface area contributed by atoms with Gasteiger partial charge in [-0.15, -0.1) is 0 Å². The van der Waals surface area contributed by atoms with Gasteiger partial charge in [-0.1, -0.05) is 0 Å². The molecule has 0 aliphatic carbocycles. The Hall–Kier alpha value is -0.330. The highest BCUT2D eigenvalue weighted by Crippen LogP contribution is 2.22. The predicted octanol–water partition coefficient (Wildman–Crippen LogP) is 2.19. The van der Waals surface area contributed by atoms with E-state index in [1.165, 1.54) is 0 Å². The van der Waals surface area contributed by atoms with Crippen LogP contribution in [0.25, 0.3) is 0 Å². The van der Waals surface area contributed by atoms with E-state index in [0.717, 1.165) is 19.3 Å². The van der Waals surface area contributed by atoms with Gasteiger partial charge in [-0.25, -0.2) is 0 Å². The second-order valence-corrected chi connectivity index (χ2v) is 5.09. The van der Waals surface area contributed by atoms with E-state index in [-0.39, 0.29) is 18.7 Å². The maximum atomic E-state index is 12.3. The van der Waals surface area contributed by atoms with Crippen molar-refractivity contribution in [3.63, 3.8) is 0 Å². The normalized spacial score (nSPS) is 23.7. The molecule has 0 unspecified atom stereocenters. The molecule has 0 spiro atoms.